The summed E-state index contributed by atoms with van der Waals surface area (Å²) >= 11 is 1.89. The van der Waals surface area contributed by atoms with E-state index in [-0.39, 0.29) is 22.6 Å². The van der Waals surface area contributed by atoms with E-state index in [4.69, 9.17) is 10.4 Å². The summed E-state index contributed by atoms with van der Waals surface area (Å²) in [7, 11) is -4.02. The second-order valence-corrected chi connectivity index (χ2v) is 14.6. The van der Waals surface area contributed by atoms with E-state index < -0.39 is 33.4 Å². The maximum absolute atomic E-state index is 13.4. The third-order valence-electron chi connectivity index (χ3n) is 7.56. The number of nitrogens with one attached hydrogen (secondary N) is 2. The molecule has 6 N–H and O–H groups in total. The van der Waals surface area contributed by atoms with Gasteiger partial charge in [0, 0.05) is 24.6 Å². The fraction of sp³-hybridized carbons (Fsp3) is 0.500. The highest BCUT2D eigenvalue weighted by Gasteiger charge is 2.51. The highest BCUT2D eigenvalue weighted by molar-refractivity contribution is 7.99. The van der Waals surface area contributed by atoms with Crippen molar-refractivity contribution in [3.05, 3.63) is 71.8 Å². The van der Waals surface area contributed by atoms with Crippen molar-refractivity contribution in [2.75, 3.05) is 24.6 Å². The minimum Gasteiger partial charge on any atom is -0.294 e. The molecule has 44 heavy (non-hydrogen) atoms. The number of hydrogen-bond acceptors (Lipinski definition) is 8. The number of carbonyl (C=O) groups excluding carboxylic acids is 2. The Balaban J connectivity index is 0.000000514. The molecule has 0 radical (unpaired) electrons. The monoisotopic (exact) mass is 648 g/mol. The van der Waals surface area contributed by atoms with Gasteiger partial charge in [0.1, 0.15) is 0 Å². The number of amides is 2. The molecule has 0 aromatic heterocycles. The van der Waals surface area contributed by atoms with Crippen LogP contribution < -0.4 is 16.7 Å². The average molecular weight is 649 g/mol. The fourth-order valence-corrected chi connectivity index (χ4v) is 7.10. The molecular formula is C32H48N4O6S2. The van der Waals surface area contributed by atoms with Crippen LogP contribution in [0.1, 0.15) is 51.7 Å². The van der Waals surface area contributed by atoms with Crippen molar-refractivity contribution in [3.63, 3.8) is 0 Å². The Bertz CT molecular complexity index is 1310. The zero-order chi connectivity index (χ0) is 32.9. The number of thioether (sulfide) groups is 1. The van der Waals surface area contributed by atoms with E-state index in [0.29, 0.717) is 12.8 Å². The first kappa shape index (κ1) is 37.4. The van der Waals surface area contributed by atoms with Crippen molar-refractivity contribution in [2.45, 2.75) is 57.9 Å². The lowest BCUT2D eigenvalue weighted by Gasteiger charge is -2.50. The highest BCUT2D eigenvalue weighted by Crippen LogP contribution is 2.42. The van der Waals surface area contributed by atoms with Gasteiger partial charge in [-0.3, -0.25) is 29.7 Å². The molecule has 0 bridgehead atoms. The van der Waals surface area contributed by atoms with Crippen LogP contribution in [0.4, 0.5) is 0 Å². The lowest BCUT2D eigenvalue weighted by atomic mass is 9.67. The van der Waals surface area contributed by atoms with Crippen LogP contribution in [0.3, 0.4) is 0 Å². The SMILES string of the molecule is CC(C)C[C@@H](C(=O)NN)[C@H](C(=O)NO)C(/C=C/c1ccccc1)(CC(C)C)N1CCSCC1.Cc1ccc(S(=O)(=O)O)cc1. The number of rotatable bonds is 12. The Kier molecular flexibility index (Phi) is 15.0. The Morgan fingerprint density at radius 1 is 1.00 bits per heavy atom. The summed E-state index contributed by atoms with van der Waals surface area (Å²) in [5.41, 5.74) is 5.37. The molecule has 12 heteroatoms. The van der Waals surface area contributed by atoms with Crippen LogP contribution in [-0.2, 0) is 19.7 Å². The van der Waals surface area contributed by atoms with E-state index in [1.165, 1.54) is 12.1 Å². The Hall–Kier alpha value is -2.74. The summed E-state index contributed by atoms with van der Waals surface area (Å²) in [5, 5.41) is 9.81. The van der Waals surface area contributed by atoms with E-state index in [1.807, 2.05) is 74.4 Å². The van der Waals surface area contributed by atoms with E-state index >= 15 is 0 Å². The minimum absolute atomic E-state index is 0.0666. The summed E-state index contributed by atoms with van der Waals surface area (Å²) in [4.78, 5) is 28.7. The number of carbonyl (C=O) groups is 2. The second kappa shape index (κ2) is 17.7. The van der Waals surface area contributed by atoms with Gasteiger partial charge >= 0.3 is 0 Å². The van der Waals surface area contributed by atoms with E-state index in [9.17, 15) is 23.2 Å². The molecule has 1 fully saturated rings. The molecule has 2 aromatic rings. The third kappa shape index (κ3) is 11.0. The predicted octanol–water partition coefficient (Wildman–Crippen LogP) is 4.55. The highest BCUT2D eigenvalue weighted by atomic mass is 32.2. The van der Waals surface area contributed by atoms with Crippen molar-refractivity contribution < 1.29 is 27.8 Å². The van der Waals surface area contributed by atoms with Gasteiger partial charge in [0.05, 0.1) is 22.3 Å². The molecule has 2 amide bonds. The third-order valence-corrected chi connectivity index (χ3v) is 9.37. The minimum atomic E-state index is -4.02. The number of hydrogen-bond donors (Lipinski definition) is 5. The number of nitrogens with zero attached hydrogens (tertiary/aromatic N) is 1. The van der Waals surface area contributed by atoms with Gasteiger partial charge in [-0.2, -0.15) is 20.2 Å². The number of benzene rings is 2. The van der Waals surface area contributed by atoms with Crippen LogP contribution in [0.25, 0.3) is 6.08 Å². The molecule has 0 aliphatic carbocycles. The maximum atomic E-state index is 13.4. The zero-order valence-corrected chi connectivity index (χ0v) is 27.9. The molecule has 10 nitrogen and oxygen atoms in total. The summed E-state index contributed by atoms with van der Waals surface area (Å²) in [6.07, 6.45) is 5.26. The van der Waals surface area contributed by atoms with Gasteiger partial charge in [0.25, 0.3) is 10.1 Å². The second-order valence-electron chi connectivity index (χ2n) is 11.9. The first-order valence-corrected chi connectivity index (χ1v) is 17.4. The van der Waals surface area contributed by atoms with Crippen molar-refractivity contribution in [1.29, 1.82) is 0 Å². The lowest BCUT2D eigenvalue weighted by molar-refractivity contribution is -0.147. The standard InChI is InChI=1S/C25H40N4O3S.C7H8O3S/c1-18(2)16-21(23(30)27-26)22(24(31)28-32)25(17-19(3)4,29-12-14-33-15-13-29)11-10-20-8-6-5-7-9-20;1-6-2-4-7(5-3-6)11(8,9)10/h5-11,18-19,21-22,32H,12-17,26H2,1-4H3,(H,27,30)(H,28,31);2-5H,1H3,(H,8,9,10)/b11-10+;/t21-,22-,25?;/m1./s1. The van der Waals surface area contributed by atoms with Gasteiger partial charge in [-0.1, -0.05) is 87.9 Å². The Morgan fingerprint density at radius 3 is 2.07 bits per heavy atom. The summed E-state index contributed by atoms with van der Waals surface area (Å²) in [6, 6.07) is 15.9. The van der Waals surface area contributed by atoms with Gasteiger partial charge in [0.2, 0.25) is 11.8 Å². The molecular weight excluding hydrogens is 601 g/mol. The van der Waals surface area contributed by atoms with E-state index in [0.717, 1.165) is 35.7 Å². The fourth-order valence-electron chi connectivity index (χ4n) is 5.72. The van der Waals surface area contributed by atoms with Crippen LogP contribution >= 0.6 is 11.8 Å². The topological polar surface area (TPSA) is 162 Å². The van der Waals surface area contributed by atoms with Crippen molar-refractivity contribution in [2.24, 2.45) is 29.5 Å². The van der Waals surface area contributed by atoms with Crippen LogP contribution in [0, 0.1) is 30.6 Å². The number of nitrogens with two attached hydrogens (primary N) is 1. The normalized spacial score (nSPS) is 17.0. The number of hydroxylamine groups is 1. The van der Waals surface area contributed by atoms with Crippen LogP contribution in [0.15, 0.2) is 65.6 Å². The predicted molar refractivity (Wildman–Crippen MR) is 176 cm³/mol. The average Bonchev–Trinajstić information content (AvgIpc) is 2.99. The molecule has 0 saturated carbocycles. The van der Waals surface area contributed by atoms with Gasteiger partial charge < -0.3 is 0 Å². The summed E-state index contributed by atoms with van der Waals surface area (Å²) in [5.74, 6) is 5.43. The summed E-state index contributed by atoms with van der Waals surface area (Å²) < 4.78 is 29.6. The molecule has 1 unspecified atom stereocenters. The Morgan fingerprint density at radius 2 is 1.59 bits per heavy atom. The number of hydrazine groups is 1. The molecule has 1 aliphatic rings. The van der Waals surface area contributed by atoms with E-state index in [1.54, 1.807) is 12.1 Å². The van der Waals surface area contributed by atoms with Crippen LogP contribution in [0.2, 0.25) is 0 Å². The van der Waals surface area contributed by atoms with Crippen LogP contribution in [-0.4, -0.2) is 65.0 Å². The maximum Gasteiger partial charge on any atom is 0.294 e. The number of aryl methyl sites for hydroxylation is 1. The molecule has 0 spiro atoms. The smallest absolute Gasteiger partial charge is 0.294 e. The largest absolute Gasteiger partial charge is 0.294 e. The summed E-state index contributed by atoms with van der Waals surface area (Å²) in [6.45, 7) is 11.7. The van der Waals surface area contributed by atoms with Gasteiger partial charge in [-0.15, -0.1) is 0 Å². The molecule has 244 valence electrons. The lowest BCUT2D eigenvalue weighted by Crippen LogP contribution is -2.63. The first-order valence-electron chi connectivity index (χ1n) is 14.8. The quantitative estimate of drug-likeness (QED) is 0.0731. The molecule has 1 heterocycles. The van der Waals surface area contributed by atoms with E-state index in [2.05, 4.69) is 30.2 Å². The Labute approximate surface area is 266 Å². The van der Waals surface area contributed by atoms with Crippen LogP contribution in [0.5, 0.6) is 0 Å². The molecule has 1 aliphatic heterocycles. The zero-order valence-electron chi connectivity index (χ0n) is 26.3. The molecule has 2 aromatic carbocycles. The van der Waals surface area contributed by atoms with Crippen molar-refractivity contribution in [3.8, 4) is 0 Å². The molecule has 3 atom stereocenters. The molecule has 3 rings (SSSR count). The van der Waals surface area contributed by atoms with Gasteiger partial charge in [0.15, 0.2) is 0 Å². The first-order chi connectivity index (χ1) is 20.7. The van der Waals surface area contributed by atoms with Crippen molar-refractivity contribution in [1.82, 2.24) is 15.8 Å². The van der Waals surface area contributed by atoms with Crippen molar-refractivity contribution >= 4 is 39.8 Å². The van der Waals surface area contributed by atoms with Gasteiger partial charge in [-0.25, -0.2) is 11.3 Å². The molecule has 1 saturated heterocycles. The van der Waals surface area contributed by atoms with Gasteiger partial charge in [-0.05, 0) is 49.3 Å².